The van der Waals surface area contributed by atoms with Gasteiger partial charge in [-0.05, 0) is 30.7 Å². The number of hydrogen-bond donors (Lipinski definition) is 0. The predicted octanol–water partition coefficient (Wildman–Crippen LogP) is 3.18. The van der Waals surface area contributed by atoms with Crippen LogP contribution in [0.15, 0.2) is 66.7 Å². The lowest BCUT2D eigenvalue weighted by Gasteiger charge is -2.34. The third-order valence-electron chi connectivity index (χ3n) is 6.86. The number of likely N-dealkylation sites (tertiary alicyclic amines) is 1. The molecule has 0 N–H and O–H groups in total. The zero-order valence-corrected chi connectivity index (χ0v) is 17.3. The summed E-state index contributed by atoms with van der Waals surface area (Å²) in [6.45, 7) is 0.378. The van der Waals surface area contributed by atoms with Crippen molar-refractivity contribution in [3.8, 4) is 0 Å². The molecule has 3 aromatic carbocycles. The van der Waals surface area contributed by atoms with E-state index in [1.54, 1.807) is 58.3 Å². The van der Waals surface area contributed by atoms with Crippen LogP contribution < -0.4 is 4.90 Å². The Bertz CT molecular complexity index is 1360. The van der Waals surface area contributed by atoms with Crippen LogP contribution in [0.1, 0.15) is 16.8 Å². The molecule has 3 aromatic rings. The van der Waals surface area contributed by atoms with Crippen LogP contribution in [0.5, 0.6) is 0 Å². The molecule has 3 aliphatic heterocycles. The number of nitro benzene ring substituents is 1. The van der Waals surface area contributed by atoms with Crippen molar-refractivity contribution in [2.75, 3.05) is 11.4 Å². The van der Waals surface area contributed by atoms with Gasteiger partial charge in [-0.3, -0.25) is 19.7 Å². The molecule has 0 aliphatic carbocycles. The zero-order valence-electron chi connectivity index (χ0n) is 17.3. The summed E-state index contributed by atoms with van der Waals surface area (Å²) in [4.78, 5) is 55.4. The second kappa shape index (κ2) is 6.86. The van der Waals surface area contributed by atoms with Gasteiger partial charge in [-0.2, -0.15) is 0 Å². The molecule has 33 heavy (non-hydrogen) atoms. The lowest BCUT2D eigenvalue weighted by molar-refractivity contribution is -0.383. The van der Waals surface area contributed by atoms with Crippen molar-refractivity contribution in [1.82, 2.24) is 9.80 Å². The quantitative estimate of drug-likeness (QED) is 0.352. The fourth-order valence-corrected chi connectivity index (χ4v) is 5.48. The Morgan fingerprint density at radius 3 is 2.36 bits per heavy atom. The Balaban J connectivity index is 1.38. The summed E-state index contributed by atoms with van der Waals surface area (Å²) in [5.41, 5.74) is 0.779. The van der Waals surface area contributed by atoms with E-state index < -0.39 is 28.9 Å². The molecule has 164 valence electrons. The van der Waals surface area contributed by atoms with E-state index in [4.69, 9.17) is 0 Å². The Morgan fingerprint density at radius 1 is 0.939 bits per heavy atom. The number of anilines is 1. The second-order valence-corrected chi connectivity index (χ2v) is 8.50. The highest BCUT2D eigenvalue weighted by atomic mass is 16.6. The van der Waals surface area contributed by atoms with E-state index in [-0.39, 0.29) is 17.6 Å². The largest absolute Gasteiger partial charge is 0.332 e. The van der Waals surface area contributed by atoms with Gasteiger partial charge in [0.25, 0.3) is 17.5 Å². The number of fused-ring (bicyclic) bond motifs is 6. The van der Waals surface area contributed by atoms with E-state index in [9.17, 15) is 24.5 Å². The second-order valence-electron chi connectivity index (χ2n) is 8.50. The molecule has 0 aromatic heterocycles. The first-order valence-corrected chi connectivity index (χ1v) is 10.7. The highest BCUT2D eigenvalue weighted by Gasteiger charge is 2.63. The molecule has 9 heteroatoms. The third-order valence-corrected chi connectivity index (χ3v) is 6.86. The highest BCUT2D eigenvalue weighted by Crippen LogP contribution is 2.44. The summed E-state index contributed by atoms with van der Waals surface area (Å²) in [5, 5.41) is 12.3. The summed E-state index contributed by atoms with van der Waals surface area (Å²) < 4.78 is 0. The van der Waals surface area contributed by atoms with Crippen LogP contribution in [0.3, 0.4) is 0 Å². The van der Waals surface area contributed by atoms with Crippen molar-refractivity contribution in [3.63, 3.8) is 0 Å². The first kappa shape index (κ1) is 19.4. The van der Waals surface area contributed by atoms with Gasteiger partial charge in [0.15, 0.2) is 0 Å². The number of carbonyl (C=O) groups is 3. The van der Waals surface area contributed by atoms with Crippen LogP contribution in [0, 0.1) is 10.1 Å². The smallest absolute Gasteiger partial charge is 0.331 e. The number of imide groups is 1. The molecule has 3 saturated heterocycles. The number of hydrogen-bond acceptors (Lipinski definition) is 5. The van der Waals surface area contributed by atoms with Crippen LogP contribution in [-0.4, -0.2) is 57.2 Å². The number of non-ortho nitro benzene ring substituents is 1. The van der Waals surface area contributed by atoms with Crippen LogP contribution in [0.25, 0.3) is 10.8 Å². The molecule has 3 fully saturated rings. The molecule has 4 amide bonds. The van der Waals surface area contributed by atoms with E-state index in [0.717, 1.165) is 4.90 Å². The Labute approximate surface area is 187 Å². The fraction of sp³-hybridized carbons (Fsp3) is 0.208. The Morgan fingerprint density at radius 2 is 1.64 bits per heavy atom. The Kier molecular flexibility index (Phi) is 4.04. The first-order valence-electron chi connectivity index (χ1n) is 10.7. The zero-order chi connectivity index (χ0) is 22.9. The van der Waals surface area contributed by atoms with Crippen molar-refractivity contribution in [1.29, 1.82) is 0 Å². The van der Waals surface area contributed by atoms with Gasteiger partial charge in [-0.15, -0.1) is 0 Å². The van der Waals surface area contributed by atoms with Crippen molar-refractivity contribution in [3.05, 3.63) is 82.4 Å². The maximum atomic E-state index is 13.5. The lowest BCUT2D eigenvalue weighted by atomic mass is 10.0. The summed E-state index contributed by atoms with van der Waals surface area (Å²) >= 11 is 0. The van der Waals surface area contributed by atoms with Crippen LogP contribution in [-0.2, 0) is 4.79 Å². The molecule has 0 radical (unpaired) electrons. The maximum Gasteiger partial charge on any atom is 0.332 e. The molecule has 0 saturated carbocycles. The molecule has 0 unspecified atom stereocenters. The SMILES string of the molecule is O=C1[C@H]2[C@@H]3C[C@@H](CN3C(=O)c3ccccc3)N2C(=O)N1c1ccc([N+](=O)[O-])c2ccccc12. The molecule has 3 aliphatic rings. The molecule has 3 heterocycles. The molecule has 0 spiro atoms. The molecule has 9 nitrogen and oxygen atoms in total. The van der Waals surface area contributed by atoms with Crippen molar-refractivity contribution < 1.29 is 19.3 Å². The molecule has 2 bridgehead atoms. The monoisotopic (exact) mass is 442 g/mol. The molecule has 6 rings (SSSR count). The average Bonchev–Trinajstić information content (AvgIpc) is 3.50. The van der Waals surface area contributed by atoms with Gasteiger partial charge in [0.05, 0.1) is 28.1 Å². The number of amides is 4. The minimum Gasteiger partial charge on any atom is -0.331 e. The van der Waals surface area contributed by atoms with Gasteiger partial charge in [0.2, 0.25) is 0 Å². The number of nitrogens with zero attached hydrogens (tertiary/aromatic N) is 4. The van der Waals surface area contributed by atoms with Gasteiger partial charge in [-0.25, -0.2) is 9.69 Å². The summed E-state index contributed by atoms with van der Waals surface area (Å²) in [6.07, 6.45) is 0.565. The normalized spacial score (nSPS) is 23.5. The van der Waals surface area contributed by atoms with Crippen molar-refractivity contribution >= 4 is 40.0 Å². The van der Waals surface area contributed by atoms with Gasteiger partial charge in [0.1, 0.15) is 6.04 Å². The van der Waals surface area contributed by atoms with E-state index in [0.29, 0.717) is 35.0 Å². The molecule has 3 atom stereocenters. The van der Waals surface area contributed by atoms with Gasteiger partial charge in [0, 0.05) is 23.6 Å². The van der Waals surface area contributed by atoms with Crippen molar-refractivity contribution in [2.24, 2.45) is 0 Å². The summed E-state index contributed by atoms with van der Waals surface area (Å²) in [6, 6.07) is 16.5. The number of rotatable bonds is 3. The predicted molar refractivity (Wildman–Crippen MR) is 119 cm³/mol. The topological polar surface area (TPSA) is 104 Å². The van der Waals surface area contributed by atoms with Crippen LogP contribution in [0.2, 0.25) is 0 Å². The molecular formula is C24H18N4O5. The summed E-state index contributed by atoms with van der Waals surface area (Å²) in [5.74, 6) is -0.556. The standard InChI is InChI=1S/C24H18N4O5/c29-22(14-6-2-1-3-7-14)25-13-15-12-20(25)21-23(30)27(24(31)26(15)21)18-10-11-19(28(32)33)17-9-5-4-8-16(17)18/h1-11,15,20-21H,12-13H2/t15-,20-,21+/m0/s1. The van der Waals surface area contributed by atoms with Crippen LogP contribution in [0.4, 0.5) is 16.2 Å². The average molecular weight is 442 g/mol. The maximum absolute atomic E-state index is 13.5. The number of piperazine rings is 1. The first-order chi connectivity index (χ1) is 16.0. The minimum atomic E-state index is -0.752. The number of benzene rings is 3. The van der Waals surface area contributed by atoms with Crippen LogP contribution >= 0.6 is 0 Å². The van der Waals surface area contributed by atoms with E-state index in [1.807, 2.05) is 6.07 Å². The number of carbonyl (C=O) groups excluding carboxylic acids is 3. The third kappa shape index (κ3) is 2.62. The molecular weight excluding hydrogens is 424 g/mol. The fourth-order valence-electron chi connectivity index (χ4n) is 5.48. The van der Waals surface area contributed by atoms with E-state index in [1.165, 1.54) is 12.1 Å². The number of nitro groups is 1. The van der Waals surface area contributed by atoms with Gasteiger partial charge in [-0.1, -0.05) is 36.4 Å². The highest BCUT2D eigenvalue weighted by molar-refractivity contribution is 6.25. The summed E-state index contributed by atoms with van der Waals surface area (Å²) in [7, 11) is 0. The van der Waals surface area contributed by atoms with E-state index >= 15 is 0 Å². The van der Waals surface area contributed by atoms with E-state index in [2.05, 4.69) is 0 Å². The lowest BCUT2D eigenvalue weighted by Crippen LogP contribution is -2.54. The van der Waals surface area contributed by atoms with Gasteiger partial charge < -0.3 is 9.80 Å². The van der Waals surface area contributed by atoms with Gasteiger partial charge >= 0.3 is 6.03 Å². The minimum absolute atomic E-state index is 0.0892. The Hall–Kier alpha value is -4.27. The number of urea groups is 1. The van der Waals surface area contributed by atoms with Crippen molar-refractivity contribution in [2.45, 2.75) is 24.5 Å².